The van der Waals surface area contributed by atoms with E-state index in [2.05, 4.69) is 23.3 Å². The summed E-state index contributed by atoms with van der Waals surface area (Å²) < 4.78 is 70.9. The molecule has 0 aliphatic carbocycles. The number of hydrogen-bond donors (Lipinski definition) is 2. The Balaban J connectivity index is -0.000000330. The van der Waals surface area contributed by atoms with Crippen LogP contribution >= 0.6 is 0 Å². The van der Waals surface area contributed by atoms with Crippen LogP contribution in [0.3, 0.4) is 0 Å². The molecule has 2 unspecified atom stereocenters. The third kappa shape index (κ3) is 29.5. The van der Waals surface area contributed by atoms with Crippen molar-refractivity contribution >= 4 is 32.2 Å². The first-order chi connectivity index (χ1) is 18.9. The molecule has 0 rings (SSSR count). The topological polar surface area (TPSA) is 161 Å². The molecule has 14 heteroatoms. The van der Waals surface area contributed by atoms with Gasteiger partial charge in [0, 0.05) is 0 Å². The van der Waals surface area contributed by atoms with Crippen molar-refractivity contribution in [3.8, 4) is 0 Å². The Hall–Kier alpha value is 0.760. The van der Waals surface area contributed by atoms with Gasteiger partial charge in [-0.15, -0.1) is 0 Å². The van der Waals surface area contributed by atoms with Crippen LogP contribution in [-0.2, 0) is 39.3 Å². The van der Waals surface area contributed by atoms with Crippen molar-refractivity contribution in [2.45, 2.75) is 153 Å². The summed E-state index contributed by atoms with van der Waals surface area (Å²) in [5.74, 6) is -1.76. The quantitative estimate of drug-likeness (QED) is 0.0651. The minimum Gasteiger partial charge on any atom is -0.468 e. The molecule has 240 valence electrons. The van der Waals surface area contributed by atoms with Gasteiger partial charge in [0.05, 0.1) is 14.2 Å². The normalized spacial score (nSPS) is 12.5. The van der Waals surface area contributed by atoms with Crippen LogP contribution in [0.25, 0.3) is 0 Å². The van der Waals surface area contributed by atoms with Gasteiger partial charge in [0.15, 0.2) is 10.5 Å². The molecule has 0 aromatic heterocycles. The van der Waals surface area contributed by atoms with Crippen molar-refractivity contribution in [2.24, 2.45) is 0 Å². The van der Waals surface area contributed by atoms with Crippen molar-refractivity contribution in [1.29, 1.82) is 0 Å². The molecule has 0 bridgehead atoms. The maximum atomic E-state index is 11.3. The summed E-state index contributed by atoms with van der Waals surface area (Å²) in [5.41, 5.74) is 0. The van der Waals surface area contributed by atoms with Crippen molar-refractivity contribution in [2.75, 3.05) is 14.2 Å². The molecule has 0 fully saturated rings. The van der Waals surface area contributed by atoms with Crippen molar-refractivity contribution < 1.29 is 104 Å². The van der Waals surface area contributed by atoms with Crippen LogP contribution < -0.4 is 59.1 Å². The minimum absolute atomic E-state index is 0. The van der Waals surface area contributed by atoms with Gasteiger partial charge in [-0.05, 0) is 12.8 Å². The number of methoxy groups -OCH3 is 2. The van der Waals surface area contributed by atoms with Crippen LogP contribution in [0.2, 0.25) is 0 Å². The summed E-state index contributed by atoms with van der Waals surface area (Å²) in [4.78, 5) is 22.5. The molecule has 0 aromatic carbocycles. The second-order valence-corrected chi connectivity index (χ2v) is 13.5. The van der Waals surface area contributed by atoms with E-state index >= 15 is 0 Å². The van der Waals surface area contributed by atoms with Crippen LogP contribution in [0.5, 0.6) is 0 Å². The van der Waals surface area contributed by atoms with Crippen LogP contribution in [0.15, 0.2) is 0 Å². The Bertz CT molecular complexity index is 853. The zero-order chi connectivity index (χ0) is 30.9. The molecular formula is C28H56Na2O10S2+2. The minimum atomic E-state index is -4.36. The molecule has 2 atom stereocenters. The summed E-state index contributed by atoms with van der Waals surface area (Å²) in [5, 5.41) is -2.87. The van der Waals surface area contributed by atoms with Gasteiger partial charge in [0.1, 0.15) is 0 Å². The molecular weight excluding hydrogens is 606 g/mol. The third-order valence-electron chi connectivity index (χ3n) is 6.79. The Morgan fingerprint density at radius 1 is 0.500 bits per heavy atom. The van der Waals surface area contributed by atoms with Crippen molar-refractivity contribution in [1.82, 2.24) is 0 Å². The van der Waals surface area contributed by atoms with Gasteiger partial charge >= 0.3 is 71.1 Å². The number of carbonyl (C=O) groups excluding carboxylic acids is 2. The molecule has 0 saturated heterocycles. The number of hydrogen-bond acceptors (Lipinski definition) is 8. The molecule has 0 aromatic rings. The molecule has 2 N–H and O–H groups in total. The zero-order valence-corrected chi connectivity index (χ0v) is 32.9. The molecule has 0 amide bonds. The Kier molecular flexibility index (Phi) is 37.5. The molecule has 0 aliphatic rings. The molecule has 10 nitrogen and oxygen atoms in total. The Morgan fingerprint density at radius 3 is 0.905 bits per heavy atom. The monoisotopic (exact) mass is 662 g/mol. The Labute approximate surface area is 300 Å². The number of unbranched alkanes of at least 4 members (excludes halogenated alkanes) is 16. The predicted octanol–water partition coefficient (Wildman–Crippen LogP) is 0.681. The van der Waals surface area contributed by atoms with E-state index in [-0.39, 0.29) is 72.0 Å². The largest absolute Gasteiger partial charge is 1.00 e. The third-order valence-corrected chi connectivity index (χ3v) is 9.08. The average molecular weight is 663 g/mol. The summed E-state index contributed by atoms with van der Waals surface area (Å²) in [6.45, 7) is 4.37. The summed E-state index contributed by atoms with van der Waals surface area (Å²) in [7, 11) is -6.47. The van der Waals surface area contributed by atoms with E-state index in [1.54, 1.807) is 0 Å². The van der Waals surface area contributed by atoms with E-state index in [4.69, 9.17) is 9.11 Å². The zero-order valence-electron chi connectivity index (χ0n) is 27.3. The summed E-state index contributed by atoms with van der Waals surface area (Å²) in [6, 6.07) is 0. The van der Waals surface area contributed by atoms with Crippen LogP contribution in [0, 0.1) is 0 Å². The van der Waals surface area contributed by atoms with Crippen LogP contribution in [0.1, 0.15) is 142 Å². The van der Waals surface area contributed by atoms with E-state index in [0.29, 0.717) is 12.8 Å². The second kappa shape index (κ2) is 31.7. The standard InChI is InChI=1S/C15H30O5S.C13H26O5S.2Na/c1-3-4-5-6-7-8-9-10-11-12-13-14(15(16)20-2)21(17,18)19;1-3-4-5-6-7-8-9-10-11-12(13(14)18-2)19(15,16)17;;/h14H,3-13H2,1-2H3,(H,17,18,19);12H,3-11H2,1-2H3,(H,15,16,17);;/q;;2*+1. The average Bonchev–Trinajstić information content (AvgIpc) is 2.89. The fourth-order valence-corrected chi connectivity index (χ4v) is 5.93. The summed E-state index contributed by atoms with van der Waals surface area (Å²) in [6.07, 6.45) is 20.1. The Morgan fingerprint density at radius 2 is 0.714 bits per heavy atom. The number of rotatable bonds is 24. The van der Waals surface area contributed by atoms with Gasteiger partial charge in [0.25, 0.3) is 20.2 Å². The van der Waals surface area contributed by atoms with E-state index < -0.39 is 42.7 Å². The smallest absolute Gasteiger partial charge is 0.468 e. The molecule has 42 heavy (non-hydrogen) atoms. The summed E-state index contributed by atoms with van der Waals surface area (Å²) >= 11 is 0. The first-order valence-corrected chi connectivity index (χ1v) is 18.0. The number of ether oxygens (including phenoxy) is 2. The number of carbonyl (C=O) groups is 2. The van der Waals surface area contributed by atoms with Crippen LogP contribution in [0.4, 0.5) is 0 Å². The van der Waals surface area contributed by atoms with Gasteiger partial charge in [-0.1, -0.05) is 129 Å². The first-order valence-electron chi connectivity index (χ1n) is 14.9. The van der Waals surface area contributed by atoms with Crippen molar-refractivity contribution in [3.05, 3.63) is 0 Å². The first kappa shape index (κ1) is 49.6. The van der Waals surface area contributed by atoms with Gasteiger partial charge in [-0.3, -0.25) is 18.7 Å². The van der Waals surface area contributed by atoms with Crippen molar-refractivity contribution in [3.63, 3.8) is 0 Å². The SMILES string of the molecule is CCCCCCCCCCC(C(=O)OC)S(=O)(=O)O.CCCCCCCCCCCCC(C(=O)OC)S(=O)(=O)O.[Na+].[Na+]. The predicted molar refractivity (Wildman–Crippen MR) is 158 cm³/mol. The molecule has 0 radical (unpaired) electrons. The maximum absolute atomic E-state index is 11.3. The van der Waals surface area contributed by atoms with Crippen LogP contribution in [-0.4, -0.2) is 62.6 Å². The molecule has 0 saturated carbocycles. The molecule has 0 heterocycles. The second-order valence-electron chi connectivity index (χ2n) is 10.3. The van der Waals surface area contributed by atoms with Gasteiger partial charge in [-0.2, -0.15) is 16.8 Å². The maximum Gasteiger partial charge on any atom is 1.00 e. The van der Waals surface area contributed by atoms with E-state index in [0.717, 1.165) is 52.7 Å². The van der Waals surface area contributed by atoms with E-state index in [9.17, 15) is 26.4 Å². The van der Waals surface area contributed by atoms with E-state index in [1.807, 2.05) is 0 Å². The van der Waals surface area contributed by atoms with Gasteiger partial charge in [-0.25, -0.2) is 0 Å². The fraction of sp³-hybridized carbons (Fsp3) is 0.929. The van der Waals surface area contributed by atoms with Gasteiger partial charge in [0.2, 0.25) is 0 Å². The fourth-order valence-electron chi connectivity index (χ4n) is 4.32. The van der Waals surface area contributed by atoms with E-state index in [1.165, 1.54) is 64.2 Å². The van der Waals surface area contributed by atoms with Gasteiger partial charge < -0.3 is 9.47 Å². The molecule has 0 spiro atoms. The molecule has 0 aliphatic heterocycles. The number of esters is 2.